The Morgan fingerprint density at radius 1 is 0.733 bits per heavy atom. The van der Waals surface area contributed by atoms with Crippen LogP contribution in [0.5, 0.6) is 23.0 Å². The van der Waals surface area contributed by atoms with Gasteiger partial charge in [-0.25, -0.2) is 0 Å². The Morgan fingerprint density at radius 2 is 1.12 bits per heavy atom. The minimum Gasteiger partial charge on any atom is -0.493 e. The second-order valence-electron chi connectivity index (χ2n) is 14.8. The minimum absolute atomic E-state index is 0.0872. The molecule has 2 aromatic rings. The number of ether oxygens (including phenoxy) is 6. The van der Waals surface area contributed by atoms with E-state index in [1.54, 1.807) is 0 Å². The molecule has 12 nitrogen and oxygen atoms in total. The standard InChI is InChI=1S/2C24H38N2O4/c2*1-14(2)9-17-13-26-8-7-16-10-21(28-5)22(29-6)11-18(16)19(26)12-20(17)30-24(27)23(25)15(3)4/h2*10-11,14-15,17,19-20,23H,7-9,12-13,25H2,1-6H3/t2*17?,19?,20?,23-/m00/s1/i1D3,5D3,9D2,10D,11D,12D2,13D2,14D,17D,19D;1D3,9D2,10D,11D,12D2,13D2,14D,17D,19D/t2*14?,17?,19?,20?,23-. The number of esters is 2. The summed E-state index contributed by atoms with van der Waals surface area (Å²) in [4.78, 5) is 27.4. The number of hydrogen-bond acceptors (Lipinski definition) is 12. The average Bonchev–Trinajstić information content (AvgIpc) is 0.662. The maximum absolute atomic E-state index is 13.3. The van der Waals surface area contributed by atoms with Crippen LogP contribution in [0, 0.1) is 35.4 Å². The summed E-state index contributed by atoms with van der Waals surface area (Å²) in [5.41, 5.74) is 10.1. The summed E-state index contributed by atoms with van der Waals surface area (Å²) in [7, 11) is 0.177. The highest BCUT2D eigenvalue weighted by Crippen LogP contribution is 2.46. The smallest absolute Gasteiger partial charge is 0.323 e. The molecule has 0 radical (unpaired) electrons. The van der Waals surface area contributed by atoms with E-state index >= 15 is 0 Å². The Hall–Kier alpha value is -3.58. The van der Waals surface area contributed by atoms with Crippen LogP contribution in [0.25, 0.3) is 0 Å². The lowest BCUT2D eigenvalue weighted by Gasteiger charge is -2.47. The monoisotopic (exact) mass is 868 g/mol. The van der Waals surface area contributed by atoms with Crippen molar-refractivity contribution in [1.82, 2.24) is 9.80 Å². The molecule has 60 heavy (non-hydrogen) atoms. The summed E-state index contributed by atoms with van der Waals surface area (Å²) in [6.45, 7) is -8.47. The highest BCUT2D eigenvalue weighted by atomic mass is 16.6. The van der Waals surface area contributed by atoms with E-state index in [2.05, 4.69) is 0 Å². The van der Waals surface area contributed by atoms with Gasteiger partial charge in [0.25, 0.3) is 0 Å². The third kappa shape index (κ3) is 11.1. The van der Waals surface area contributed by atoms with Crippen LogP contribution in [0.3, 0.4) is 0 Å². The molecule has 4 heterocycles. The summed E-state index contributed by atoms with van der Waals surface area (Å²) in [6, 6.07) is -12.1. The molecule has 8 unspecified atom stereocenters. The Kier molecular flexibility index (Phi) is 7.25. The number of nitrogens with zero attached hydrogens (tertiary/aromatic N) is 2. The zero-order chi connectivity index (χ0) is 71.3. The fourth-order valence-corrected chi connectivity index (χ4v) is 6.25. The number of hydrogen-bond donors (Lipinski definition) is 2. The van der Waals surface area contributed by atoms with Gasteiger partial charge in [0.05, 0.1) is 40.7 Å². The molecule has 4 aliphatic rings. The van der Waals surface area contributed by atoms with Crippen molar-refractivity contribution in [3.8, 4) is 23.0 Å². The fraction of sp³-hybridized carbons (Fsp3) is 0.708. The van der Waals surface area contributed by atoms with E-state index in [1.165, 1.54) is 34.8 Å². The Labute approximate surface area is 403 Å². The number of piperidine rings is 2. The van der Waals surface area contributed by atoms with Gasteiger partial charge in [-0.15, -0.1) is 0 Å². The molecule has 0 spiro atoms. The molecule has 6 rings (SSSR count). The van der Waals surface area contributed by atoms with Crippen LogP contribution in [0.15, 0.2) is 24.2 Å². The maximum atomic E-state index is 13.3. The van der Waals surface area contributed by atoms with Crippen molar-refractivity contribution in [3.05, 3.63) is 46.4 Å². The lowest BCUT2D eigenvalue weighted by Crippen LogP contribution is -2.51. The summed E-state index contributed by atoms with van der Waals surface area (Å²) in [6.07, 6.45) is -21.5. The largest absolute Gasteiger partial charge is 0.493 e. The van der Waals surface area contributed by atoms with Crippen LogP contribution in [0.4, 0.5) is 0 Å². The van der Waals surface area contributed by atoms with Crippen molar-refractivity contribution in [2.24, 2.45) is 46.9 Å². The first-order valence-corrected chi connectivity index (χ1v) is 19.1. The van der Waals surface area contributed by atoms with E-state index in [4.69, 9.17) is 65.9 Å². The van der Waals surface area contributed by atoms with Crippen molar-refractivity contribution in [3.63, 3.8) is 0 Å². The number of fused-ring (bicyclic) bond motifs is 6. The van der Waals surface area contributed by atoms with Crippen LogP contribution < -0.4 is 30.4 Å². The molecule has 2 aromatic carbocycles. The minimum atomic E-state index is -3.88. The second kappa shape index (κ2) is 21.0. The van der Waals surface area contributed by atoms with Gasteiger partial charge in [-0.05, 0) is 95.6 Å². The molecule has 336 valence electrons. The molecular weight excluding hydrogens is 761 g/mol. The third-order valence-corrected chi connectivity index (χ3v) is 9.58. The molecule has 0 aromatic heterocycles. The first kappa shape index (κ1) is 20.7. The molecule has 0 saturated carbocycles. The third-order valence-electron chi connectivity index (χ3n) is 9.58. The van der Waals surface area contributed by atoms with E-state index in [-0.39, 0.29) is 35.1 Å². The molecule has 4 N–H and O–H groups in total. The van der Waals surface area contributed by atoms with Crippen molar-refractivity contribution in [1.29, 1.82) is 0 Å². The van der Waals surface area contributed by atoms with Crippen LogP contribution in [-0.2, 0) is 31.9 Å². The SMILES string of the molecule is [2H]c1c2c(c([2H])c(OC)c1OC([2H])([2H])[2H])C1([2H])N(CC2)C([2H])([2H])C([2H])(C([2H])([2H])C([2H])(C)C([2H])([2H])[2H])C(OC(=O)[C@@H](N)C(C)C)C1([2H])[2H].[2H]c1c2c(c([2H])c(OC)c1OC)C1([2H])N(CC2)C([2H])([2H])C([2H])(C([2H])([2H])C([2H])(C)C([2H])([2H])[2H])C(OC(=O)[C@@H](N)C(C)C)C1([2H])[2H]. The summed E-state index contributed by atoms with van der Waals surface area (Å²) in [5, 5.41) is 0. The molecule has 10 atom stereocenters. The van der Waals surface area contributed by atoms with Crippen molar-refractivity contribution >= 4 is 11.9 Å². The number of benzene rings is 2. The molecule has 2 fully saturated rings. The second-order valence-corrected chi connectivity index (χ2v) is 14.8. The van der Waals surface area contributed by atoms with E-state index in [9.17, 15) is 26.0 Å². The lowest BCUT2D eigenvalue weighted by molar-refractivity contribution is -0.161. The van der Waals surface area contributed by atoms with Gasteiger partial charge in [0, 0.05) is 92.8 Å². The molecule has 0 aliphatic carbocycles. The predicted molar refractivity (Wildman–Crippen MR) is 236 cm³/mol. The highest BCUT2D eigenvalue weighted by Gasteiger charge is 2.43. The fourth-order valence-electron chi connectivity index (χ4n) is 6.25. The number of rotatable bonds is 14. The molecule has 4 aliphatic heterocycles. The Balaban J connectivity index is 0.000000331. The topological polar surface area (TPSA) is 148 Å². The number of nitrogens with two attached hydrogens (primary N) is 2. The van der Waals surface area contributed by atoms with E-state index in [0.717, 1.165) is 14.2 Å². The first-order chi connectivity index (χ1) is 40.5. The predicted octanol–water partition coefficient (Wildman–Crippen LogP) is 7.13. The van der Waals surface area contributed by atoms with Crippen LogP contribution in [0.2, 0.25) is 0 Å². The number of carbonyl (C=O) groups is 2. The molecule has 0 bridgehead atoms. The summed E-state index contributed by atoms with van der Waals surface area (Å²) < 4.78 is 301. The van der Waals surface area contributed by atoms with Gasteiger partial charge in [-0.2, -0.15) is 0 Å². The maximum Gasteiger partial charge on any atom is 0.323 e. The van der Waals surface area contributed by atoms with E-state index in [1.807, 2.05) is 0 Å². The quantitative estimate of drug-likeness (QED) is 0.186. The van der Waals surface area contributed by atoms with Gasteiger partial charge in [0.2, 0.25) is 0 Å². The molecule has 0 amide bonds. The van der Waals surface area contributed by atoms with Gasteiger partial charge < -0.3 is 39.9 Å². The van der Waals surface area contributed by atoms with Crippen molar-refractivity contribution in [2.45, 2.75) is 130 Å². The number of methoxy groups -OCH3 is 4. The zero-order valence-electron chi connectivity index (χ0n) is 66.1. The summed E-state index contributed by atoms with van der Waals surface area (Å²) in [5.74, 6) is -20.4. The molecular formula is C48H76N4O8. The van der Waals surface area contributed by atoms with Gasteiger partial charge in [-0.3, -0.25) is 19.4 Å². The normalized spacial score (nSPS) is 43.8. The van der Waals surface area contributed by atoms with Gasteiger partial charge in [0.15, 0.2) is 23.0 Å². The number of carbonyl (C=O) groups excluding carboxylic acids is 2. The van der Waals surface area contributed by atoms with Crippen LogP contribution in [0.1, 0.15) is 158 Å². The van der Waals surface area contributed by atoms with Crippen molar-refractivity contribution in [2.75, 3.05) is 54.5 Å². The first-order valence-electron chi connectivity index (χ1n) is 34.6. The van der Waals surface area contributed by atoms with Gasteiger partial charge in [0.1, 0.15) is 24.3 Å². The molecule has 12 heteroatoms. The van der Waals surface area contributed by atoms with Crippen LogP contribution >= 0.6 is 0 Å². The highest BCUT2D eigenvalue weighted by molar-refractivity contribution is 5.76. The van der Waals surface area contributed by atoms with E-state index in [0.29, 0.717) is 23.6 Å². The average molecular weight is 868 g/mol. The van der Waals surface area contributed by atoms with Crippen molar-refractivity contribution < 1.29 is 80.5 Å². The van der Waals surface area contributed by atoms with Gasteiger partial charge in [-0.1, -0.05) is 55.2 Å². The Bertz CT molecular complexity index is 3140. The zero-order valence-corrected chi connectivity index (χ0v) is 35.1. The van der Waals surface area contributed by atoms with E-state index < -0.39 is 203 Å². The lowest BCUT2D eigenvalue weighted by atomic mass is 9.79. The summed E-state index contributed by atoms with van der Waals surface area (Å²) >= 11 is 0. The van der Waals surface area contributed by atoms with Crippen LogP contribution in [-0.4, -0.2) is 100 Å². The Morgan fingerprint density at radius 3 is 1.47 bits per heavy atom. The molecule has 2 saturated heterocycles. The van der Waals surface area contributed by atoms with Gasteiger partial charge >= 0.3 is 11.9 Å².